The molecule has 0 saturated carbocycles. The van der Waals surface area contributed by atoms with Crippen LogP contribution in [0.5, 0.6) is 0 Å². The van der Waals surface area contributed by atoms with Crippen LogP contribution in [-0.4, -0.2) is 25.5 Å². The van der Waals surface area contributed by atoms with Gasteiger partial charge in [-0.2, -0.15) is 8.42 Å². The van der Waals surface area contributed by atoms with Gasteiger partial charge in [-0.25, -0.2) is 0 Å². The Morgan fingerprint density at radius 1 is 1.56 bits per heavy atom. The van der Waals surface area contributed by atoms with Crippen molar-refractivity contribution in [2.75, 3.05) is 12.5 Å². The molecule has 0 heterocycles. The Morgan fingerprint density at radius 2 is 2.00 bits per heavy atom. The van der Waals surface area contributed by atoms with Gasteiger partial charge in [-0.05, 0) is 6.92 Å². The highest BCUT2D eigenvalue weighted by Gasteiger charge is 2.00. The highest BCUT2D eigenvalue weighted by Crippen LogP contribution is 1.81. The van der Waals surface area contributed by atoms with Crippen LogP contribution in [0, 0.1) is 0 Å². The minimum Gasteiger partial charge on any atom is -0.363 e. The lowest BCUT2D eigenvalue weighted by Gasteiger charge is -1.93. The molecule has 0 aromatic heterocycles. The molecule has 0 aromatic rings. The summed E-state index contributed by atoms with van der Waals surface area (Å²) in [5.41, 5.74) is 0. The Hall–Kier alpha value is -0.170. The molecule has 0 aliphatic heterocycles. The van der Waals surface area contributed by atoms with Crippen LogP contribution in [0.4, 0.5) is 0 Å². The van der Waals surface area contributed by atoms with E-state index in [1.54, 1.807) is 6.92 Å². The van der Waals surface area contributed by atoms with Gasteiger partial charge < -0.3 is 10.9 Å². The normalized spacial score (nSPS) is 10.4. The predicted octanol–water partition coefficient (Wildman–Crippen LogP) is 0.0302. The molecule has 58 valence electrons. The number of rotatable bonds is 3. The van der Waals surface area contributed by atoms with E-state index in [1.807, 2.05) is 0 Å². The summed E-state index contributed by atoms with van der Waals surface area (Å²) in [5.74, 6) is -0.608. The van der Waals surface area contributed by atoms with Gasteiger partial charge in [0.1, 0.15) is 0 Å². The molecule has 0 unspecified atom stereocenters. The molecule has 9 heavy (non-hydrogen) atoms. The number of hydrogen-bond acceptors (Lipinski definition) is 4. The first-order valence-electron chi connectivity index (χ1n) is 2.09. The van der Waals surface area contributed by atoms with Gasteiger partial charge in [-0.1, -0.05) is 0 Å². The van der Waals surface area contributed by atoms with Gasteiger partial charge in [0.05, 0.1) is 0 Å². The summed E-state index contributed by atoms with van der Waals surface area (Å²) < 4.78 is 32.0. The fourth-order valence-corrected chi connectivity index (χ4v) is 0.566. The standard InChI is InChI=1S/C3H8O4S.H3N/c1-2-7-3-8(4,5)6;/h2-3H2,1H3,(H,4,5,6);1H3. The van der Waals surface area contributed by atoms with Crippen LogP contribution < -0.4 is 6.15 Å². The summed E-state index contributed by atoms with van der Waals surface area (Å²) in [6, 6.07) is 0. The first kappa shape index (κ1) is 11.6. The average molecular weight is 157 g/mol. The largest absolute Gasteiger partial charge is 0.363 e. The van der Waals surface area contributed by atoms with Gasteiger partial charge >= 0.3 is 0 Å². The Kier molecular flexibility index (Phi) is 6.04. The van der Waals surface area contributed by atoms with Crippen LogP contribution in [0.2, 0.25) is 0 Å². The molecular weight excluding hydrogens is 146 g/mol. The van der Waals surface area contributed by atoms with E-state index in [2.05, 4.69) is 4.74 Å². The van der Waals surface area contributed by atoms with E-state index in [4.69, 9.17) is 4.55 Å². The Bertz CT molecular complexity index is 140. The summed E-state index contributed by atoms with van der Waals surface area (Å²) in [7, 11) is -3.91. The Morgan fingerprint density at radius 3 is 2.11 bits per heavy atom. The van der Waals surface area contributed by atoms with E-state index in [1.165, 1.54) is 0 Å². The summed E-state index contributed by atoms with van der Waals surface area (Å²) in [6.07, 6.45) is 0. The van der Waals surface area contributed by atoms with Crippen molar-refractivity contribution in [2.24, 2.45) is 0 Å². The van der Waals surface area contributed by atoms with Gasteiger partial charge in [0.25, 0.3) is 10.1 Å². The van der Waals surface area contributed by atoms with Gasteiger partial charge in [0.15, 0.2) is 5.94 Å². The Balaban J connectivity index is 0. The molecule has 6 heteroatoms. The highest BCUT2D eigenvalue weighted by molar-refractivity contribution is 7.85. The van der Waals surface area contributed by atoms with Crippen LogP contribution in [0.1, 0.15) is 6.92 Å². The molecule has 0 bridgehead atoms. The number of ether oxygens (including phenoxy) is 1. The summed E-state index contributed by atoms with van der Waals surface area (Å²) in [5, 5.41) is 0. The maximum Gasteiger partial charge on any atom is 0.289 e. The SMILES string of the molecule is CCOCS(=O)(=O)O.N. The molecule has 0 aliphatic rings. The van der Waals surface area contributed by atoms with E-state index >= 15 is 0 Å². The second-order valence-corrected chi connectivity index (χ2v) is 2.59. The molecule has 4 N–H and O–H groups in total. The molecule has 0 rings (SSSR count). The fraction of sp³-hybridized carbons (Fsp3) is 1.00. The van der Waals surface area contributed by atoms with Crippen molar-refractivity contribution in [1.29, 1.82) is 0 Å². The quantitative estimate of drug-likeness (QED) is 0.563. The van der Waals surface area contributed by atoms with Crippen LogP contribution >= 0.6 is 0 Å². The Labute approximate surface area is 54.3 Å². The van der Waals surface area contributed by atoms with Crippen molar-refractivity contribution in [3.63, 3.8) is 0 Å². The smallest absolute Gasteiger partial charge is 0.289 e. The number of hydrogen-bond donors (Lipinski definition) is 2. The minimum atomic E-state index is -3.91. The molecule has 0 fully saturated rings. The third kappa shape index (κ3) is 11.4. The van der Waals surface area contributed by atoms with Crippen molar-refractivity contribution in [1.82, 2.24) is 6.15 Å². The zero-order valence-corrected chi connectivity index (χ0v) is 6.02. The van der Waals surface area contributed by atoms with Crippen molar-refractivity contribution >= 4 is 10.1 Å². The molecule has 0 amide bonds. The zero-order valence-electron chi connectivity index (χ0n) is 5.20. The lowest BCUT2D eigenvalue weighted by Crippen LogP contribution is -2.06. The molecule has 0 radical (unpaired) electrons. The lowest BCUT2D eigenvalue weighted by atomic mass is 10.9. The maximum atomic E-state index is 9.82. The second-order valence-electron chi connectivity index (χ2n) is 1.19. The van der Waals surface area contributed by atoms with E-state index in [0.29, 0.717) is 6.61 Å². The molecule has 0 spiro atoms. The van der Waals surface area contributed by atoms with Crippen LogP contribution in [0.15, 0.2) is 0 Å². The van der Waals surface area contributed by atoms with Crippen molar-refractivity contribution < 1.29 is 17.7 Å². The van der Waals surface area contributed by atoms with Crippen molar-refractivity contribution in [2.45, 2.75) is 6.92 Å². The van der Waals surface area contributed by atoms with Crippen molar-refractivity contribution in [3.05, 3.63) is 0 Å². The maximum absolute atomic E-state index is 9.82. The van der Waals surface area contributed by atoms with Gasteiger partial charge in [-0.15, -0.1) is 0 Å². The van der Waals surface area contributed by atoms with E-state index < -0.39 is 16.1 Å². The topological polar surface area (TPSA) is 98.6 Å². The van der Waals surface area contributed by atoms with Crippen molar-refractivity contribution in [3.8, 4) is 0 Å². The molecule has 0 aromatic carbocycles. The van der Waals surface area contributed by atoms with Gasteiger partial charge in [0, 0.05) is 6.61 Å². The molecule has 0 saturated heterocycles. The highest BCUT2D eigenvalue weighted by atomic mass is 32.2. The minimum absolute atomic E-state index is 0. The first-order chi connectivity index (χ1) is 3.56. The first-order valence-corrected chi connectivity index (χ1v) is 3.70. The summed E-state index contributed by atoms with van der Waals surface area (Å²) >= 11 is 0. The molecular formula is C3H11NO4S. The van der Waals surface area contributed by atoms with Gasteiger partial charge in [-0.3, -0.25) is 4.55 Å². The predicted molar refractivity (Wildman–Crippen MR) is 33.1 cm³/mol. The van der Waals surface area contributed by atoms with Gasteiger partial charge in [0.2, 0.25) is 0 Å². The third-order valence-corrected chi connectivity index (χ3v) is 0.901. The third-order valence-electron chi connectivity index (χ3n) is 0.436. The van der Waals surface area contributed by atoms with E-state index in [-0.39, 0.29) is 6.15 Å². The van der Waals surface area contributed by atoms with E-state index in [0.717, 1.165) is 0 Å². The molecule has 5 nitrogen and oxygen atoms in total. The lowest BCUT2D eigenvalue weighted by molar-refractivity contribution is 0.185. The van der Waals surface area contributed by atoms with Crippen LogP contribution in [0.3, 0.4) is 0 Å². The second kappa shape index (κ2) is 4.68. The monoisotopic (exact) mass is 157 g/mol. The molecule has 0 aliphatic carbocycles. The summed E-state index contributed by atoms with van der Waals surface area (Å²) in [6.45, 7) is 1.94. The molecule has 0 atom stereocenters. The fourth-order valence-electron chi connectivity index (χ4n) is 0.189. The van der Waals surface area contributed by atoms with Crippen LogP contribution in [-0.2, 0) is 14.9 Å². The summed E-state index contributed by atoms with van der Waals surface area (Å²) in [4.78, 5) is 0. The zero-order chi connectivity index (χ0) is 6.62. The van der Waals surface area contributed by atoms with Crippen LogP contribution in [0.25, 0.3) is 0 Å². The van der Waals surface area contributed by atoms with E-state index in [9.17, 15) is 8.42 Å². The average Bonchev–Trinajstić information content (AvgIpc) is 1.59.